The van der Waals surface area contributed by atoms with Gasteiger partial charge in [-0.2, -0.15) is 0 Å². The third-order valence-electron chi connectivity index (χ3n) is 4.95. The second kappa shape index (κ2) is 6.40. The number of hydrogen-bond acceptors (Lipinski definition) is 4. The van der Waals surface area contributed by atoms with Crippen molar-refractivity contribution in [3.8, 4) is 5.75 Å². The molecule has 132 valence electrons. The second-order valence-electron chi connectivity index (χ2n) is 8.06. The maximum absolute atomic E-state index is 11.5. The fourth-order valence-corrected chi connectivity index (χ4v) is 3.83. The molecule has 4 nitrogen and oxygen atoms in total. The van der Waals surface area contributed by atoms with E-state index in [1.165, 1.54) is 16.7 Å². The lowest BCUT2D eigenvalue weighted by Gasteiger charge is -2.26. The van der Waals surface area contributed by atoms with Crippen LogP contribution in [0.4, 0.5) is 0 Å². The number of hydrogen-bond donors (Lipinski definition) is 1. The van der Waals surface area contributed by atoms with Crippen molar-refractivity contribution in [2.75, 3.05) is 0 Å². The first-order valence-corrected chi connectivity index (χ1v) is 8.96. The van der Waals surface area contributed by atoms with Gasteiger partial charge in [-0.25, -0.2) is 0 Å². The van der Waals surface area contributed by atoms with Crippen molar-refractivity contribution in [2.24, 2.45) is 0 Å². The van der Waals surface area contributed by atoms with Crippen LogP contribution >= 0.6 is 0 Å². The number of benzene rings is 1. The van der Waals surface area contributed by atoms with Gasteiger partial charge in [0.1, 0.15) is 17.5 Å². The van der Waals surface area contributed by atoms with Crippen molar-refractivity contribution in [1.29, 1.82) is 0 Å². The van der Waals surface area contributed by atoms with E-state index in [4.69, 9.17) is 9.47 Å². The molecule has 0 spiro atoms. The third kappa shape index (κ3) is 3.59. The SMILES string of the molecule is CC(C)c1ccc(CCC2CC(O)CC(=O)O2)c2c1CC(C)(C)O2. The number of aryl methyl sites for hydroxylation is 1. The van der Waals surface area contributed by atoms with Crippen LogP contribution in [0.1, 0.15) is 69.6 Å². The van der Waals surface area contributed by atoms with Crippen molar-refractivity contribution in [1.82, 2.24) is 0 Å². The molecule has 24 heavy (non-hydrogen) atoms. The summed E-state index contributed by atoms with van der Waals surface area (Å²) in [6.45, 7) is 8.67. The van der Waals surface area contributed by atoms with E-state index in [0.717, 1.165) is 25.0 Å². The number of carbonyl (C=O) groups excluding carboxylic acids is 1. The zero-order chi connectivity index (χ0) is 17.5. The lowest BCUT2D eigenvalue weighted by molar-refractivity contribution is -0.160. The summed E-state index contributed by atoms with van der Waals surface area (Å²) in [4.78, 5) is 11.5. The summed E-state index contributed by atoms with van der Waals surface area (Å²) in [5, 5.41) is 9.74. The molecule has 1 aromatic carbocycles. The summed E-state index contributed by atoms with van der Waals surface area (Å²) >= 11 is 0. The fraction of sp³-hybridized carbons (Fsp3) is 0.650. The molecule has 4 heteroatoms. The molecule has 0 amide bonds. The van der Waals surface area contributed by atoms with Crippen LogP contribution in [0.2, 0.25) is 0 Å². The molecule has 3 rings (SSSR count). The van der Waals surface area contributed by atoms with Gasteiger partial charge in [0.05, 0.1) is 12.5 Å². The summed E-state index contributed by atoms with van der Waals surface area (Å²) in [7, 11) is 0. The second-order valence-corrected chi connectivity index (χ2v) is 8.06. The maximum atomic E-state index is 11.5. The van der Waals surface area contributed by atoms with Crippen LogP contribution < -0.4 is 4.74 Å². The monoisotopic (exact) mass is 332 g/mol. The molecule has 2 aliphatic heterocycles. The fourth-order valence-electron chi connectivity index (χ4n) is 3.83. The van der Waals surface area contributed by atoms with Gasteiger partial charge in [-0.05, 0) is 43.7 Å². The summed E-state index contributed by atoms with van der Waals surface area (Å²) in [5.74, 6) is 1.20. The number of esters is 1. The molecule has 0 radical (unpaired) electrons. The maximum Gasteiger partial charge on any atom is 0.308 e. The Hall–Kier alpha value is -1.55. The minimum atomic E-state index is -0.569. The van der Waals surface area contributed by atoms with Gasteiger partial charge in [0.2, 0.25) is 0 Å². The molecular weight excluding hydrogens is 304 g/mol. The van der Waals surface area contributed by atoms with E-state index in [-0.39, 0.29) is 24.1 Å². The van der Waals surface area contributed by atoms with E-state index < -0.39 is 6.10 Å². The number of aliphatic hydroxyl groups is 1. The lowest BCUT2D eigenvalue weighted by Crippen LogP contribution is -2.32. The highest BCUT2D eigenvalue weighted by molar-refractivity contribution is 5.71. The number of rotatable bonds is 4. The van der Waals surface area contributed by atoms with E-state index in [2.05, 4.69) is 39.8 Å². The Morgan fingerprint density at radius 3 is 2.75 bits per heavy atom. The van der Waals surface area contributed by atoms with Gasteiger partial charge in [-0.15, -0.1) is 0 Å². The van der Waals surface area contributed by atoms with Crippen molar-refractivity contribution in [3.63, 3.8) is 0 Å². The molecular formula is C20H28O4. The Labute approximate surface area is 144 Å². The van der Waals surface area contributed by atoms with Crippen molar-refractivity contribution < 1.29 is 19.4 Å². The van der Waals surface area contributed by atoms with Gasteiger partial charge in [-0.3, -0.25) is 4.79 Å². The minimum Gasteiger partial charge on any atom is -0.487 e. The van der Waals surface area contributed by atoms with E-state index in [9.17, 15) is 9.90 Å². The molecule has 0 saturated carbocycles. The molecule has 2 heterocycles. The first kappa shape index (κ1) is 17.3. The summed E-state index contributed by atoms with van der Waals surface area (Å²) in [6, 6.07) is 4.36. The smallest absolute Gasteiger partial charge is 0.308 e. The largest absolute Gasteiger partial charge is 0.487 e. The van der Waals surface area contributed by atoms with Crippen LogP contribution in [0.3, 0.4) is 0 Å². The molecule has 0 bridgehead atoms. The average Bonchev–Trinajstić information content (AvgIpc) is 2.78. The molecule has 0 aliphatic carbocycles. The predicted octanol–water partition coefficient (Wildman–Crippen LogP) is 3.52. The molecule has 2 aliphatic rings. The van der Waals surface area contributed by atoms with Crippen LogP contribution in [0.25, 0.3) is 0 Å². The summed E-state index contributed by atoms with van der Waals surface area (Å²) in [5.41, 5.74) is 3.69. The third-order valence-corrected chi connectivity index (χ3v) is 4.95. The van der Waals surface area contributed by atoms with Crippen molar-refractivity contribution in [3.05, 3.63) is 28.8 Å². The first-order chi connectivity index (χ1) is 11.2. The Morgan fingerprint density at radius 2 is 2.08 bits per heavy atom. The van der Waals surface area contributed by atoms with E-state index >= 15 is 0 Å². The molecule has 1 saturated heterocycles. The molecule has 1 aromatic rings. The van der Waals surface area contributed by atoms with Gasteiger partial charge in [0.15, 0.2) is 0 Å². The highest BCUT2D eigenvalue weighted by Crippen LogP contribution is 2.42. The molecule has 2 unspecified atom stereocenters. The predicted molar refractivity (Wildman–Crippen MR) is 92.4 cm³/mol. The van der Waals surface area contributed by atoms with Crippen LogP contribution in [0, 0.1) is 0 Å². The zero-order valence-electron chi connectivity index (χ0n) is 15.1. The van der Waals surface area contributed by atoms with Gasteiger partial charge in [0.25, 0.3) is 0 Å². The number of fused-ring (bicyclic) bond motifs is 1. The zero-order valence-corrected chi connectivity index (χ0v) is 15.1. The number of cyclic esters (lactones) is 1. The molecule has 2 atom stereocenters. The number of carbonyl (C=O) groups is 1. The minimum absolute atomic E-state index is 0.117. The average molecular weight is 332 g/mol. The topological polar surface area (TPSA) is 55.8 Å². The number of ether oxygens (including phenoxy) is 2. The Balaban J connectivity index is 1.78. The quantitative estimate of drug-likeness (QED) is 0.857. The highest BCUT2D eigenvalue weighted by Gasteiger charge is 2.34. The Morgan fingerprint density at radius 1 is 1.33 bits per heavy atom. The number of aliphatic hydroxyl groups excluding tert-OH is 1. The Kier molecular flexibility index (Phi) is 4.60. The normalized spacial score (nSPS) is 25.3. The van der Waals surface area contributed by atoms with Crippen LogP contribution in [-0.4, -0.2) is 28.9 Å². The standard InChI is InChI=1S/C20H28O4/c1-12(2)16-8-6-13(19-17(16)11-20(3,4)24-19)5-7-15-9-14(21)10-18(22)23-15/h6,8,12,14-15,21H,5,7,9-11H2,1-4H3. The molecule has 0 aromatic heterocycles. The van der Waals surface area contributed by atoms with E-state index in [1.807, 2.05) is 0 Å². The van der Waals surface area contributed by atoms with Crippen molar-refractivity contribution >= 4 is 5.97 Å². The molecule has 1 N–H and O–H groups in total. The van der Waals surface area contributed by atoms with Crippen LogP contribution in [0.5, 0.6) is 5.75 Å². The first-order valence-electron chi connectivity index (χ1n) is 8.96. The van der Waals surface area contributed by atoms with Gasteiger partial charge >= 0.3 is 5.97 Å². The van der Waals surface area contributed by atoms with Gasteiger partial charge < -0.3 is 14.6 Å². The summed E-state index contributed by atoms with van der Waals surface area (Å²) in [6.07, 6.45) is 2.33. The molecule has 1 fully saturated rings. The highest BCUT2D eigenvalue weighted by atomic mass is 16.5. The van der Waals surface area contributed by atoms with E-state index in [1.54, 1.807) is 0 Å². The van der Waals surface area contributed by atoms with Crippen LogP contribution in [0.15, 0.2) is 12.1 Å². The Bertz CT molecular complexity index is 633. The lowest BCUT2D eigenvalue weighted by atomic mass is 9.89. The van der Waals surface area contributed by atoms with Crippen molar-refractivity contribution in [2.45, 2.75) is 83.5 Å². The van der Waals surface area contributed by atoms with E-state index in [0.29, 0.717) is 12.3 Å². The van der Waals surface area contributed by atoms with Gasteiger partial charge in [-0.1, -0.05) is 26.0 Å². The summed E-state index contributed by atoms with van der Waals surface area (Å²) < 4.78 is 11.6. The van der Waals surface area contributed by atoms with Crippen LogP contribution in [-0.2, 0) is 22.4 Å². The van der Waals surface area contributed by atoms with Gasteiger partial charge in [0, 0.05) is 18.4 Å².